The van der Waals surface area contributed by atoms with Crippen molar-refractivity contribution in [3.63, 3.8) is 0 Å². The van der Waals surface area contributed by atoms with Gasteiger partial charge in [-0.2, -0.15) is 0 Å². The van der Waals surface area contributed by atoms with E-state index >= 15 is 9.59 Å². The van der Waals surface area contributed by atoms with Crippen molar-refractivity contribution >= 4 is 38.1 Å². The van der Waals surface area contributed by atoms with E-state index in [0.29, 0.717) is 21.5 Å². The van der Waals surface area contributed by atoms with Crippen LogP contribution in [-0.4, -0.2) is 4.40 Å². The number of aromatic nitrogens is 1. The summed E-state index contributed by atoms with van der Waals surface area (Å²) in [6, 6.07) is 28.9. The topological polar surface area (TPSA) is 38.5 Å². The van der Waals surface area contributed by atoms with Gasteiger partial charge in [0, 0.05) is 10.8 Å². The lowest BCUT2D eigenvalue weighted by molar-refractivity contribution is 0.575. The van der Waals surface area contributed by atoms with Crippen LogP contribution < -0.4 is 10.9 Å². The number of fused-ring (bicyclic) bond motifs is 7. The fourth-order valence-electron chi connectivity index (χ4n) is 9.67. The summed E-state index contributed by atoms with van der Waals surface area (Å²) in [5.41, 5.74) is 12.8. The van der Waals surface area contributed by atoms with Crippen molar-refractivity contribution in [1.29, 1.82) is 0 Å². The van der Waals surface area contributed by atoms with Gasteiger partial charge in [-0.15, -0.1) is 0 Å². The van der Waals surface area contributed by atoms with Crippen LogP contribution in [0.25, 0.3) is 49.2 Å². The Kier molecular flexibility index (Phi) is 6.24. The highest BCUT2D eigenvalue weighted by atomic mass is 16.1. The number of hydrogen-bond acceptors (Lipinski definition) is 2. The Balaban J connectivity index is 1.60. The van der Waals surface area contributed by atoms with E-state index in [2.05, 4.69) is 154 Å². The molecule has 3 heterocycles. The summed E-state index contributed by atoms with van der Waals surface area (Å²) < 4.78 is 2.34. The Morgan fingerprint density at radius 1 is 0.442 bits per heavy atom. The molecule has 9 rings (SSSR count). The minimum Gasteiger partial charge on any atom is -0.307 e. The zero-order valence-electron chi connectivity index (χ0n) is 32.8. The number of hydrogen-bond donors (Lipinski definition) is 0. The maximum absolute atomic E-state index is 15.2. The van der Waals surface area contributed by atoms with E-state index < -0.39 is 5.41 Å². The molecule has 3 heteroatoms. The predicted molar refractivity (Wildman–Crippen MR) is 219 cm³/mol. The molecule has 0 amide bonds. The van der Waals surface area contributed by atoms with Gasteiger partial charge in [-0.1, -0.05) is 150 Å². The number of nitrogens with zero attached hydrogens (tertiary/aromatic N) is 1. The number of para-hydroxylation sites is 2. The molecule has 262 valence electrons. The van der Waals surface area contributed by atoms with Crippen molar-refractivity contribution in [2.24, 2.45) is 0 Å². The third-order valence-electron chi connectivity index (χ3n) is 12.3. The quantitative estimate of drug-likeness (QED) is 0.118. The standard InChI is InChI=1S/C49H49NO2/c1-45(2,3)26-19-21-32-30(23-26)31-24-27(46(4,5)6)20-22-33(31)49(32)34-17-13-15-28-40(34)50-41-29(16-14-18-35(41)49)44(52)39-37(48(10,11)12)25-36(47(7,8)9)38(42(39)50)43(28)51/h13-25H,1-12H3. The molecular weight excluding hydrogens is 635 g/mol. The van der Waals surface area contributed by atoms with Crippen LogP contribution in [0, 0.1) is 0 Å². The molecule has 1 spiro atoms. The van der Waals surface area contributed by atoms with Crippen LogP contribution in [0.5, 0.6) is 0 Å². The summed E-state index contributed by atoms with van der Waals surface area (Å²) in [7, 11) is 0. The lowest BCUT2D eigenvalue weighted by Crippen LogP contribution is -2.35. The highest BCUT2D eigenvalue weighted by Gasteiger charge is 2.51. The summed E-state index contributed by atoms with van der Waals surface area (Å²) in [4.78, 5) is 30.5. The molecule has 2 aliphatic rings. The molecule has 0 radical (unpaired) electrons. The Morgan fingerprint density at radius 3 is 1.21 bits per heavy atom. The van der Waals surface area contributed by atoms with Crippen LogP contribution >= 0.6 is 0 Å². The zero-order valence-corrected chi connectivity index (χ0v) is 32.8. The minimum absolute atomic E-state index is 0.00474. The molecule has 2 aromatic heterocycles. The Labute approximate surface area is 306 Å². The third kappa shape index (κ3) is 3.98. The maximum atomic E-state index is 15.2. The van der Waals surface area contributed by atoms with Crippen molar-refractivity contribution in [2.75, 3.05) is 0 Å². The van der Waals surface area contributed by atoms with Gasteiger partial charge in [0.15, 0.2) is 10.9 Å². The zero-order chi connectivity index (χ0) is 37.2. The molecule has 0 bridgehead atoms. The van der Waals surface area contributed by atoms with Crippen LogP contribution in [-0.2, 0) is 27.1 Å². The van der Waals surface area contributed by atoms with Gasteiger partial charge in [0.1, 0.15) is 0 Å². The first-order valence-electron chi connectivity index (χ1n) is 18.9. The second-order valence-electron chi connectivity index (χ2n) is 19.7. The molecule has 5 aromatic carbocycles. The molecular formula is C49H49NO2. The van der Waals surface area contributed by atoms with E-state index in [4.69, 9.17) is 0 Å². The summed E-state index contributed by atoms with van der Waals surface area (Å²) in [5, 5.41) is 2.74. The van der Waals surface area contributed by atoms with Crippen molar-refractivity contribution in [3.8, 4) is 11.1 Å². The van der Waals surface area contributed by atoms with Gasteiger partial charge in [0.25, 0.3) is 0 Å². The second-order valence-corrected chi connectivity index (χ2v) is 19.7. The van der Waals surface area contributed by atoms with Gasteiger partial charge in [-0.25, -0.2) is 0 Å². The molecule has 1 aliphatic carbocycles. The van der Waals surface area contributed by atoms with Crippen molar-refractivity contribution in [2.45, 2.75) is 110 Å². The van der Waals surface area contributed by atoms with Crippen LogP contribution in [0.2, 0.25) is 0 Å². The fraction of sp³-hybridized carbons (Fsp3) is 0.347. The molecule has 0 fully saturated rings. The lowest BCUT2D eigenvalue weighted by atomic mass is 9.64. The van der Waals surface area contributed by atoms with E-state index in [-0.39, 0.29) is 32.5 Å². The summed E-state index contributed by atoms with van der Waals surface area (Å²) >= 11 is 0. The molecule has 52 heavy (non-hydrogen) atoms. The van der Waals surface area contributed by atoms with Gasteiger partial charge in [0.2, 0.25) is 0 Å². The molecule has 0 saturated carbocycles. The Hall–Kier alpha value is -4.76. The molecule has 7 aromatic rings. The smallest absolute Gasteiger partial charge is 0.197 e. The van der Waals surface area contributed by atoms with E-state index in [1.807, 2.05) is 12.1 Å². The van der Waals surface area contributed by atoms with Gasteiger partial charge in [-0.05, 0) is 89.4 Å². The summed E-state index contributed by atoms with van der Waals surface area (Å²) in [5.74, 6) is 0. The first kappa shape index (κ1) is 33.1. The lowest BCUT2D eigenvalue weighted by Gasteiger charge is -2.40. The predicted octanol–water partition coefficient (Wildman–Crippen LogP) is 11.4. The van der Waals surface area contributed by atoms with Gasteiger partial charge in [-0.3, -0.25) is 9.59 Å². The minimum atomic E-state index is -0.727. The van der Waals surface area contributed by atoms with Crippen LogP contribution in [0.1, 0.15) is 128 Å². The molecule has 1 aliphatic heterocycles. The van der Waals surface area contributed by atoms with Crippen LogP contribution in [0.15, 0.2) is 88.5 Å². The molecule has 0 saturated heterocycles. The molecule has 0 N–H and O–H groups in total. The Morgan fingerprint density at radius 2 is 0.846 bits per heavy atom. The molecule has 3 nitrogen and oxygen atoms in total. The first-order valence-corrected chi connectivity index (χ1v) is 18.9. The van der Waals surface area contributed by atoms with Crippen molar-refractivity contribution in [1.82, 2.24) is 4.40 Å². The van der Waals surface area contributed by atoms with Crippen molar-refractivity contribution < 1.29 is 0 Å². The van der Waals surface area contributed by atoms with Crippen molar-refractivity contribution in [3.05, 3.63) is 144 Å². The average Bonchev–Trinajstić information content (AvgIpc) is 3.34. The first-order chi connectivity index (χ1) is 24.2. The van der Waals surface area contributed by atoms with Crippen LogP contribution in [0.4, 0.5) is 0 Å². The second kappa shape index (κ2) is 9.81. The maximum Gasteiger partial charge on any atom is 0.197 e. The molecule has 0 unspecified atom stereocenters. The van der Waals surface area contributed by atoms with E-state index in [1.165, 1.54) is 33.4 Å². The van der Waals surface area contributed by atoms with Gasteiger partial charge >= 0.3 is 0 Å². The highest BCUT2D eigenvalue weighted by molar-refractivity contribution is 6.14. The van der Waals surface area contributed by atoms with Gasteiger partial charge in [0.05, 0.1) is 32.7 Å². The monoisotopic (exact) mass is 683 g/mol. The largest absolute Gasteiger partial charge is 0.307 e. The average molecular weight is 684 g/mol. The SMILES string of the molecule is CC(C)(C)c1ccc2c(c1)-c1cc(C(C)(C)C)ccc1C21c2cccc3c(=O)c4c(C(C)(C)C)cc(C(C)(C)C)c5c(=O)c6cccc1c6n(c23)c45. The number of benzene rings is 5. The fourth-order valence-corrected chi connectivity index (χ4v) is 9.67. The van der Waals surface area contributed by atoms with E-state index in [0.717, 1.165) is 38.8 Å². The normalized spacial score (nSPS) is 15.2. The highest BCUT2D eigenvalue weighted by Crippen LogP contribution is 2.61. The number of pyridine rings is 2. The number of rotatable bonds is 0. The Bertz CT molecular complexity index is 2670. The van der Waals surface area contributed by atoms with E-state index in [1.54, 1.807) is 0 Å². The summed E-state index contributed by atoms with van der Waals surface area (Å²) in [6.45, 7) is 26.7. The summed E-state index contributed by atoms with van der Waals surface area (Å²) in [6.07, 6.45) is 0. The molecule has 0 atom stereocenters. The van der Waals surface area contributed by atoms with Gasteiger partial charge < -0.3 is 4.40 Å². The van der Waals surface area contributed by atoms with Crippen LogP contribution in [0.3, 0.4) is 0 Å². The third-order valence-corrected chi connectivity index (χ3v) is 12.3. The van der Waals surface area contributed by atoms with E-state index in [9.17, 15) is 0 Å².